The van der Waals surface area contributed by atoms with Crippen molar-refractivity contribution >= 4 is 17.8 Å². The first-order chi connectivity index (χ1) is 7.74. The van der Waals surface area contributed by atoms with Gasteiger partial charge in [0.1, 0.15) is 0 Å². The molecule has 0 aliphatic heterocycles. The molecule has 1 heterocycles. The molecule has 0 spiro atoms. The number of nitrogens with zero attached hydrogens (tertiary/aromatic N) is 2. The molecule has 1 fully saturated rings. The van der Waals surface area contributed by atoms with Gasteiger partial charge in [0.15, 0.2) is 5.82 Å². The summed E-state index contributed by atoms with van der Waals surface area (Å²) >= 11 is 1.97. The highest BCUT2D eigenvalue weighted by molar-refractivity contribution is 8.00. The number of thioether (sulfide) groups is 1. The molecule has 0 amide bonds. The Labute approximate surface area is 101 Å². The van der Waals surface area contributed by atoms with Gasteiger partial charge in [-0.25, -0.2) is 0 Å². The van der Waals surface area contributed by atoms with Gasteiger partial charge in [0.2, 0.25) is 0 Å². The van der Waals surface area contributed by atoms with Crippen LogP contribution in [0.4, 0.5) is 6.01 Å². The molecule has 1 N–H and O–H groups in total. The number of aryl methyl sites for hydroxylation is 1. The van der Waals surface area contributed by atoms with Crippen molar-refractivity contribution in [3.63, 3.8) is 0 Å². The molecule has 0 saturated heterocycles. The SMILES string of the molecule is CSC1(CNc2nc(C)no2)CCCCC1. The fourth-order valence-corrected chi connectivity index (χ4v) is 3.17. The quantitative estimate of drug-likeness (QED) is 0.878. The third-order valence-corrected chi connectivity index (χ3v) is 4.71. The third kappa shape index (κ3) is 2.70. The fraction of sp³-hybridized carbons (Fsp3) is 0.818. The summed E-state index contributed by atoms with van der Waals surface area (Å²) in [6.45, 7) is 2.76. The Morgan fingerprint density at radius 2 is 2.12 bits per heavy atom. The molecule has 5 heteroatoms. The minimum Gasteiger partial charge on any atom is -0.336 e. The van der Waals surface area contributed by atoms with Crippen LogP contribution in [0.25, 0.3) is 0 Å². The van der Waals surface area contributed by atoms with E-state index >= 15 is 0 Å². The Kier molecular flexibility index (Phi) is 3.74. The summed E-state index contributed by atoms with van der Waals surface area (Å²) in [5.74, 6) is 0.685. The van der Waals surface area contributed by atoms with Crippen LogP contribution in [0.1, 0.15) is 37.9 Å². The van der Waals surface area contributed by atoms with Crippen molar-refractivity contribution in [2.75, 3.05) is 18.1 Å². The standard InChI is InChI=1S/C11H19N3OS/c1-9-13-10(15-14-9)12-8-11(16-2)6-4-3-5-7-11/h3-8H2,1-2H3,(H,12,13,14). The molecule has 0 unspecified atom stereocenters. The van der Waals surface area contributed by atoms with Gasteiger partial charge >= 0.3 is 6.01 Å². The van der Waals surface area contributed by atoms with Crippen LogP contribution in [0.2, 0.25) is 0 Å². The van der Waals surface area contributed by atoms with Crippen LogP contribution in [-0.4, -0.2) is 27.7 Å². The van der Waals surface area contributed by atoms with Gasteiger partial charge in [-0.3, -0.25) is 0 Å². The molecular weight excluding hydrogens is 222 g/mol. The second kappa shape index (κ2) is 5.08. The van der Waals surface area contributed by atoms with E-state index in [9.17, 15) is 0 Å². The molecule has 4 nitrogen and oxygen atoms in total. The molecule has 0 radical (unpaired) electrons. The molecule has 0 atom stereocenters. The van der Waals surface area contributed by atoms with Gasteiger partial charge in [0.05, 0.1) is 0 Å². The lowest BCUT2D eigenvalue weighted by Gasteiger charge is -2.35. The predicted molar refractivity (Wildman–Crippen MR) is 66.9 cm³/mol. The lowest BCUT2D eigenvalue weighted by Crippen LogP contribution is -2.35. The molecular formula is C11H19N3OS. The summed E-state index contributed by atoms with van der Waals surface area (Å²) in [4.78, 5) is 4.16. The zero-order valence-corrected chi connectivity index (χ0v) is 10.8. The van der Waals surface area contributed by atoms with E-state index in [1.807, 2.05) is 18.7 Å². The van der Waals surface area contributed by atoms with E-state index in [4.69, 9.17) is 4.52 Å². The normalized spacial score (nSPS) is 19.6. The molecule has 1 saturated carbocycles. The van der Waals surface area contributed by atoms with Crippen molar-refractivity contribution in [3.05, 3.63) is 5.82 Å². The van der Waals surface area contributed by atoms with Crippen LogP contribution in [0.15, 0.2) is 4.52 Å². The highest BCUT2D eigenvalue weighted by Gasteiger charge is 2.31. The zero-order valence-electron chi connectivity index (χ0n) is 9.95. The van der Waals surface area contributed by atoms with Crippen molar-refractivity contribution in [3.8, 4) is 0 Å². The maximum absolute atomic E-state index is 5.06. The van der Waals surface area contributed by atoms with Crippen LogP contribution in [-0.2, 0) is 0 Å². The first-order valence-electron chi connectivity index (χ1n) is 5.83. The number of aromatic nitrogens is 2. The van der Waals surface area contributed by atoms with Gasteiger partial charge in [-0.2, -0.15) is 16.7 Å². The molecule has 1 aromatic rings. The van der Waals surface area contributed by atoms with Gasteiger partial charge in [0.25, 0.3) is 0 Å². The van der Waals surface area contributed by atoms with E-state index in [1.54, 1.807) is 0 Å². The summed E-state index contributed by atoms with van der Waals surface area (Å²) in [7, 11) is 0. The fourth-order valence-electron chi connectivity index (χ4n) is 2.25. The number of rotatable bonds is 4. The number of nitrogens with one attached hydrogen (secondary N) is 1. The molecule has 90 valence electrons. The van der Waals surface area contributed by atoms with Crippen molar-refractivity contribution in [1.82, 2.24) is 10.1 Å². The number of anilines is 1. The zero-order chi connectivity index (χ0) is 11.4. The number of hydrogen-bond acceptors (Lipinski definition) is 5. The Morgan fingerprint density at radius 3 is 2.69 bits per heavy atom. The van der Waals surface area contributed by atoms with Crippen LogP contribution in [0.3, 0.4) is 0 Å². The second-order valence-corrected chi connectivity index (χ2v) is 5.72. The number of hydrogen-bond donors (Lipinski definition) is 1. The van der Waals surface area contributed by atoms with E-state index in [2.05, 4.69) is 21.7 Å². The van der Waals surface area contributed by atoms with E-state index in [0.717, 1.165) is 6.54 Å². The monoisotopic (exact) mass is 241 g/mol. The molecule has 16 heavy (non-hydrogen) atoms. The van der Waals surface area contributed by atoms with Crippen molar-refractivity contribution in [2.24, 2.45) is 0 Å². The van der Waals surface area contributed by atoms with Gasteiger partial charge < -0.3 is 9.84 Å². The summed E-state index contributed by atoms with van der Waals surface area (Å²) in [5.41, 5.74) is 0. The van der Waals surface area contributed by atoms with Gasteiger partial charge in [-0.1, -0.05) is 24.4 Å². The smallest absolute Gasteiger partial charge is 0.321 e. The molecule has 0 aromatic carbocycles. The highest BCUT2D eigenvalue weighted by atomic mass is 32.2. The lowest BCUT2D eigenvalue weighted by atomic mass is 9.88. The first-order valence-corrected chi connectivity index (χ1v) is 7.06. The van der Waals surface area contributed by atoms with Gasteiger partial charge in [-0.05, 0) is 26.0 Å². The largest absolute Gasteiger partial charge is 0.336 e. The molecule has 0 bridgehead atoms. The van der Waals surface area contributed by atoms with Crippen LogP contribution in [0.5, 0.6) is 0 Å². The maximum atomic E-state index is 5.06. The lowest BCUT2D eigenvalue weighted by molar-refractivity contribution is 0.396. The summed E-state index contributed by atoms with van der Waals surface area (Å²) in [5, 5.41) is 7.04. The topological polar surface area (TPSA) is 51.0 Å². The maximum Gasteiger partial charge on any atom is 0.321 e. The summed E-state index contributed by atoms with van der Waals surface area (Å²) in [6.07, 6.45) is 8.83. The highest BCUT2D eigenvalue weighted by Crippen LogP contribution is 2.38. The van der Waals surface area contributed by atoms with Crippen LogP contribution in [0, 0.1) is 6.92 Å². The summed E-state index contributed by atoms with van der Waals surface area (Å²) in [6, 6.07) is 0.552. The minimum atomic E-state index is 0.362. The predicted octanol–water partition coefficient (Wildman–Crippen LogP) is 2.86. The second-order valence-electron chi connectivity index (χ2n) is 4.45. The van der Waals surface area contributed by atoms with Gasteiger partial charge in [-0.15, -0.1) is 0 Å². The van der Waals surface area contributed by atoms with Crippen molar-refractivity contribution in [1.29, 1.82) is 0 Å². The first kappa shape index (κ1) is 11.8. The third-order valence-electron chi connectivity index (χ3n) is 3.29. The molecule has 1 aliphatic rings. The molecule has 1 aromatic heterocycles. The summed E-state index contributed by atoms with van der Waals surface area (Å²) < 4.78 is 5.43. The van der Waals surface area contributed by atoms with E-state index < -0.39 is 0 Å². The Bertz CT molecular complexity index is 334. The molecule has 1 aliphatic carbocycles. The van der Waals surface area contributed by atoms with Crippen molar-refractivity contribution in [2.45, 2.75) is 43.8 Å². The molecule has 2 rings (SSSR count). The Morgan fingerprint density at radius 1 is 1.38 bits per heavy atom. The van der Waals surface area contributed by atoms with Gasteiger partial charge in [0, 0.05) is 11.3 Å². The van der Waals surface area contributed by atoms with Crippen molar-refractivity contribution < 1.29 is 4.52 Å². The van der Waals surface area contributed by atoms with E-state index in [-0.39, 0.29) is 0 Å². The average molecular weight is 241 g/mol. The van der Waals surface area contributed by atoms with Crippen LogP contribution >= 0.6 is 11.8 Å². The van der Waals surface area contributed by atoms with E-state index in [0.29, 0.717) is 16.6 Å². The Balaban J connectivity index is 1.91. The van der Waals surface area contributed by atoms with Crippen LogP contribution < -0.4 is 5.32 Å². The minimum absolute atomic E-state index is 0.362. The van der Waals surface area contributed by atoms with E-state index in [1.165, 1.54) is 32.1 Å². The Hall–Kier alpha value is -0.710. The average Bonchev–Trinajstić information content (AvgIpc) is 2.74.